The van der Waals surface area contributed by atoms with Gasteiger partial charge in [-0.25, -0.2) is 0 Å². The van der Waals surface area contributed by atoms with Crippen molar-refractivity contribution in [2.24, 2.45) is 5.92 Å². The van der Waals surface area contributed by atoms with Crippen LogP contribution in [0, 0.1) is 5.92 Å². The predicted molar refractivity (Wildman–Crippen MR) is 71.2 cm³/mol. The molecule has 1 aromatic rings. The summed E-state index contributed by atoms with van der Waals surface area (Å²) in [5.41, 5.74) is 2.53. The van der Waals surface area contributed by atoms with E-state index in [9.17, 15) is 4.79 Å². The molecule has 1 unspecified atom stereocenters. The molecule has 1 aliphatic heterocycles. The molecule has 18 heavy (non-hydrogen) atoms. The summed E-state index contributed by atoms with van der Waals surface area (Å²) in [5, 5.41) is 3.24. The average molecular weight is 247 g/mol. The molecule has 0 aromatic heterocycles. The molecular formula is C15H21NO2. The van der Waals surface area contributed by atoms with Crippen LogP contribution in [0.15, 0.2) is 24.3 Å². The van der Waals surface area contributed by atoms with Gasteiger partial charge in [-0.05, 0) is 29.9 Å². The molecule has 0 fully saturated rings. The van der Waals surface area contributed by atoms with Crippen LogP contribution in [-0.4, -0.2) is 18.6 Å². The molecule has 1 N–H and O–H groups in total. The normalized spacial score (nSPS) is 18.5. The third kappa shape index (κ3) is 3.33. The van der Waals surface area contributed by atoms with Crippen LogP contribution in [-0.2, 0) is 22.5 Å². The highest BCUT2D eigenvalue weighted by atomic mass is 16.5. The molecule has 0 aliphatic carbocycles. The van der Waals surface area contributed by atoms with Gasteiger partial charge in [0.15, 0.2) is 0 Å². The molecule has 0 radical (unpaired) electrons. The van der Waals surface area contributed by atoms with Crippen LogP contribution >= 0.6 is 0 Å². The van der Waals surface area contributed by atoms with E-state index in [1.54, 1.807) is 0 Å². The maximum absolute atomic E-state index is 11.9. The van der Waals surface area contributed by atoms with Gasteiger partial charge >= 0.3 is 5.97 Å². The van der Waals surface area contributed by atoms with Crippen LogP contribution in [0.1, 0.15) is 31.4 Å². The highest BCUT2D eigenvalue weighted by Crippen LogP contribution is 2.16. The fourth-order valence-electron chi connectivity index (χ4n) is 2.12. The Morgan fingerprint density at radius 2 is 2.11 bits per heavy atom. The largest absolute Gasteiger partial charge is 0.465 e. The molecule has 0 bridgehead atoms. The number of benzene rings is 1. The van der Waals surface area contributed by atoms with Crippen molar-refractivity contribution in [2.45, 2.75) is 39.3 Å². The minimum absolute atomic E-state index is 0.120. The molecule has 98 valence electrons. The molecule has 3 nitrogen and oxygen atoms in total. The van der Waals surface area contributed by atoms with E-state index in [1.165, 1.54) is 11.1 Å². The number of rotatable bonds is 4. The fraction of sp³-hybridized carbons (Fsp3) is 0.533. The number of nitrogens with one attached hydrogen (secondary N) is 1. The Labute approximate surface area is 109 Å². The SMILES string of the molecule is CC(C)CCOC(=O)C1Cc2ccccc2CN1. The molecule has 1 heterocycles. The van der Waals surface area contributed by atoms with E-state index in [0.717, 1.165) is 19.4 Å². The molecule has 1 atom stereocenters. The van der Waals surface area contributed by atoms with Gasteiger partial charge in [-0.1, -0.05) is 38.1 Å². The third-order valence-electron chi connectivity index (χ3n) is 3.31. The van der Waals surface area contributed by atoms with E-state index in [1.807, 2.05) is 12.1 Å². The molecule has 0 saturated heterocycles. The number of carbonyl (C=O) groups is 1. The first kappa shape index (κ1) is 13.1. The summed E-state index contributed by atoms with van der Waals surface area (Å²) in [6, 6.07) is 8.05. The summed E-state index contributed by atoms with van der Waals surface area (Å²) in [5.74, 6) is 0.447. The average Bonchev–Trinajstić information content (AvgIpc) is 2.37. The van der Waals surface area contributed by atoms with E-state index in [2.05, 4.69) is 31.3 Å². The van der Waals surface area contributed by atoms with E-state index in [4.69, 9.17) is 4.74 Å². The minimum Gasteiger partial charge on any atom is -0.465 e. The topological polar surface area (TPSA) is 38.3 Å². The first-order valence-electron chi connectivity index (χ1n) is 6.63. The van der Waals surface area contributed by atoms with E-state index < -0.39 is 0 Å². The van der Waals surface area contributed by atoms with Crippen LogP contribution in [0.4, 0.5) is 0 Å². The fourth-order valence-corrected chi connectivity index (χ4v) is 2.12. The zero-order valence-electron chi connectivity index (χ0n) is 11.1. The number of carbonyl (C=O) groups excluding carboxylic acids is 1. The van der Waals surface area contributed by atoms with Crippen molar-refractivity contribution in [3.05, 3.63) is 35.4 Å². The van der Waals surface area contributed by atoms with Crippen molar-refractivity contribution < 1.29 is 9.53 Å². The summed E-state index contributed by atoms with van der Waals surface area (Å²) in [6.07, 6.45) is 1.66. The Morgan fingerprint density at radius 3 is 2.83 bits per heavy atom. The highest BCUT2D eigenvalue weighted by molar-refractivity contribution is 5.76. The molecule has 1 aromatic carbocycles. The third-order valence-corrected chi connectivity index (χ3v) is 3.31. The van der Waals surface area contributed by atoms with Crippen LogP contribution in [0.25, 0.3) is 0 Å². The van der Waals surface area contributed by atoms with Crippen molar-refractivity contribution in [1.82, 2.24) is 5.32 Å². The Balaban J connectivity index is 1.87. The van der Waals surface area contributed by atoms with Crippen molar-refractivity contribution in [2.75, 3.05) is 6.61 Å². The Kier molecular flexibility index (Phi) is 4.37. The van der Waals surface area contributed by atoms with Crippen LogP contribution in [0.3, 0.4) is 0 Å². The minimum atomic E-state index is -0.188. The zero-order valence-corrected chi connectivity index (χ0v) is 11.1. The summed E-state index contributed by atoms with van der Waals surface area (Å²) < 4.78 is 5.31. The van der Waals surface area contributed by atoms with E-state index in [-0.39, 0.29) is 12.0 Å². The van der Waals surface area contributed by atoms with Gasteiger partial charge in [0, 0.05) is 6.54 Å². The van der Waals surface area contributed by atoms with E-state index in [0.29, 0.717) is 12.5 Å². The van der Waals surface area contributed by atoms with Gasteiger partial charge in [-0.15, -0.1) is 0 Å². The summed E-state index contributed by atoms with van der Waals surface area (Å²) in [4.78, 5) is 11.9. The van der Waals surface area contributed by atoms with Crippen molar-refractivity contribution >= 4 is 5.97 Å². The van der Waals surface area contributed by atoms with Crippen molar-refractivity contribution in [3.8, 4) is 0 Å². The molecular weight excluding hydrogens is 226 g/mol. The van der Waals surface area contributed by atoms with Gasteiger partial charge in [0.2, 0.25) is 0 Å². The lowest BCUT2D eigenvalue weighted by atomic mass is 9.96. The molecule has 3 heteroatoms. The van der Waals surface area contributed by atoms with E-state index >= 15 is 0 Å². The van der Waals surface area contributed by atoms with Crippen molar-refractivity contribution in [3.63, 3.8) is 0 Å². The summed E-state index contributed by atoms with van der Waals surface area (Å²) in [7, 11) is 0. The molecule has 0 amide bonds. The van der Waals surface area contributed by atoms with Gasteiger partial charge in [0.1, 0.15) is 6.04 Å². The van der Waals surface area contributed by atoms with Gasteiger partial charge < -0.3 is 10.1 Å². The second kappa shape index (κ2) is 6.01. The van der Waals surface area contributed by atoms with Gasteiger partial charge in [0.05, 0.1) is 6.61 Å². The second-order valence-electron chi connectivity index (χ2n) is 5.26. The smallest absolute Gasteiger partial charge is 0.323 e. The standard InChI is InChI=1S/C15H21NO2/c1-11(2)7-8-18-15(17)14-9-12-5-3-4-6-13(12)10-16-14/h3-6,11,14,16H,7-10H2,1-2H3. The first-order valence-corrected chi connectivity index (χ1v) is 6.63. The zero-order chi connectivity index (χ0) is 13.0. The van der Waals surface area contributed by atoms with Gasteiger partial charge in [0.25, 0.3) is 0 Å². The van der Waals surface area contributed by atoms with Crippen LogP contribution in [0.5, 0.6) is 0 Å². The maximum atomic E-state index is 11.9. The molecule has 0 saturated carbocycles. The molecule has 1 aliphatic rings. The van der Waals surface area contributed by atoms with Gasteiger partial charge in [-0.3, -0.25) is 4.79 Å². The van der Waals surface area contributed by atoms with Gasteiger partial charge in [-0.2, -0.15) is 0 Å². The number of hydrogen-bond donors (Lipinski definition) is 1. The first-order chi connectivity index (χ1) is 8.66. The lowest BCUT2D eigenvalue weighted by Gasteiger charge is -2.24. The lowest BCUT2D eigenvalue weighted by molar-refractivity contribution is -0.146. The summed E-state index contributed by atoms with van der Waals surface area (Å²) >= 11 is 0. The van der Waals surface area contributed by atoms with Crippen LogP contribution in [0.2, 0.25) is 0 Å². The molecule has 2 rings (SSSR count). The van der Waals surface area contributed by atoms with Crippen LogP contribution < -0.4 is 5.32 Å². The maximum Gasteiger partial charge on any atom is 0.323 e. The monoisotopic (exact) mass is 247 g/mol. The number of ether oxygens (including phenoxy) is 1. The Bertz CT molecular complexity index is 415. The highest BCUT2D eigenvalue weighted by Gasteiger charge is 2.24. The van der Waals surface area contributed by atoms with Crippen molar-refractivity contribution in [1.29, 1.82) is 0 Å². The second-order valence-corrected chi connectivity index (χ2v) is 5.26. The number of fused-ring (bicyclic) bond motifs is 1. The Morgan fingerprint density at radius 1 is 1.39 bits per heavy atom. The number of hydrogen-bond acceptors (Lipinski definition) is 3. The lowest BCUT2D eigenvalue weighted by Crippen LogP contribution is -2.42. The number of esters is 1. The quantitative estimate of drug-likeness (QED) is 0.830. The predicted octanol–water partition coefficient (Wildman–Crippen LogP) is 2.29. The Hall–Kier alpha value is -1.35. The molecule has 0 spiro atoms. The summed E-state index contributed by atoms with van der Waals surface area (Å²) in [6.45, 7) is 5.53.